The first-order chi connectivity index (χ1) is 8.17. The highest BCUT2D eigenvalue weighted by atomic mass is 19.1. The van der Waals surface area contributed by atoms with E-state index in [4.69, 9.17) is 11.0 Å². The molecule has 0 saturated carbocycles. The largest absolute Gasteiger partial charge is 0.382 e. The lowest BCUT2D eigenvalue weighted by Crippen LogP contribution is -2.02. The second-order valence-electron chi connectivity index (χ2n) is 3.56. The van der Waals surface area contributed by atoms with Crippen molar-refractivity contribution in [2.24, 2.45) is 0 Å². The molecule has 1 heterocycles. The summed E-state index contributed by atoms with van der Waals surface area (Å²) in [6.07, 6.45) is 0.607. The van der Waals surface area contributed by atoms with Crippen LogP contribution in [0, 0.1) is 17.1 Å². The molecule has 0 atom stereocenters. The minimum Gasteiger partial charge on any atom is -0.382 e. The predicted octanol–water partition coefficient (Wildman–Crippen LogP) is 2.03. The van der Waals surface area contributed by atoms with Crippen molar-refractivity contribution < 1.29 is 4.39 Å². The third-order valence-corrected chi connectivity index (χ3v) is 2.49. The number of nitriles is 1. The third-order valence-electron chi connectivity index (χ3n) is 2.49. The molecule has 2 N–H and O–H groups in total. The van der Waals surface area contributed by atoms with Gasteiger partial charge in [0.25, 0.3) is 0 Å². The van der Waals surface area contributed by atoms with Gasteiger partial charge in [0.05, 0.1) is 11.4 Å². The second-order valence-corrected chi connectivity index (χ2v) is 3.56. The zero-order valence-electron chi connectivity index (χ0n) is 9.31. The van der Waals surface area contributed by atoms with Crippen molar-refractivity contribution in [3.63, 3.8) is 0 Å². The highest BCUT2D eigenvalue weighted by molar-refractivity contribution is 5.56. The number of nitrogen functional groups attached to an aromatic ring is 1. The minimum atomic E-state index is -0.367. The van der Waals surface area contributed by atoms with Crippen LogP contribution in [0.25, 0.3) is 5.69 Å². The minimum absolute atomic E-state index is 0.245. The number of aryl methyl sites for hydroxylation is 1. The highest BCUT2D eigenvalue weighted by Crippen LogP contribution is 2.21. The van der Waals surface area contributed by atoms with Gasteiger partial charge in [0.2, 0.25) is 0 Å². The summed E-state index contributed by atoms with van der Waals surface area (Å²) < 4.78 is 14.5. The molecule has 17 heavy (non-hydrogen) atoms. The van der Waals surface area contributed by atoms with Gasteiger partial charge in [-0.1, -0.05) is 13.0 Å². The van der Waals surface area contributed by atoms with E-state index in [1.165, 1.54) is 16.8 Å². The van der Waals surface area contributed by atoms with Gasteiger partial charge < -0.3 is 5.73 Å². The quantitative estimate of drug-likeness (QED) is 0.858. The van der Waals surface area contributed by atoms with Crippen molar-refractivity contribution in [2.45, 2.75) is 13.3 Å². The lowest BCUT2D eigenvalue weighted by molar-refractivity contribution is 0.625. The number of anilines is 1. The van der Waals surface area contributed by atoms with E-state index in [2.05, 4.69) is 5.10 Å². The van der Waals surface area contributed by atoms with E-state index < -0.39 is 0 Å². The number of nitrogens with zero attached hydrogens (tertiary/aromatic N) is 3. The summed E-state index contributed by atoms with van der Waals surface area (Å²) in [5, 5.41) is 13.2. The fraction of sp³-hybridized carbons (Fsp3) is 0.167. The van der Waals surface area contributed by atoms with Crippen molar-refractivity contribution in [1.82, 2.24) is 9.78 Å². The zero-order chi connectivity index (χ0) is 12.4. The molecule has 0 radical (unpaired) electrons. The van der Waals surface area contributed by atoms with Crippen LogP contribution < -0.4 is 5.73 Å². The molecule has 4 nitrogen and oxygen atoms in total. The second kappa shape index (κ2) is 4.26. The maximum atomic E-state index is 13.1. The van der Waals surface area contributed by atoms with Gasteiger partial charge in [-0.2, -0.15) is 10.4 Å². The SMILES string of the molecule is CCc1nn(-c2cccc(F)c2)c(N)c1C#N. The molecule has 0 fully saturated rings. The van der Waals surface area contributed by atoms with Crippen LogP contribution in [0.4, 0.5) is 10.2 Å². The molecule has 0 saturated heterocycles. The van der Waals surface area contributed by atoms with Gasteiger partial charge >= 0.3 is 0 Å². The Kier molecular flexibility index (Phi) is 2.79. The van der Waals surface area contributed by atoms with Crippen LogP contribution in [0.15, 0.2) is 24.3 Å². The summed E-state index contributed by atoms with van der Waals surface area (Å²) in [5.41, 5.74) is 7.32. The van der Waals surface area contributed by atoms with Crippen molar-refractivity contribution in [2.75, 3.05) is 5.73 Å². The highest BCUT2D eigenvalue weighted by Gasteiger charge is 2.15. The number of halogens is 1. The van der Waals surface area contributed by atoms with Crippen molar-refractivity contribution in [3.05, 3.63) is 41.3 Å². The molecule has 1 aromatic heterocycles. The Hall–Kier alpha value is -2.35. The van der Waals surface area contributed by atoms with E-state index in [0.29, 0.717) is 23.4 Å². The van der Waals surface area contributed by atoms with E-state index >= 15 is 0 Å². The van der Waals surface area contributed by atoms with Crippen LogP contribution in [-0.4, -0.2) is 9.78 Å². The Morgan fingerprint density at radius 1 is 1.53 bits per heavy atom. The molecule has 2 aromatic rings. The number of rotatable bonds is 2. The third kappa shape index (κ3) is 1.85. The van der Waals surface area contributed by atoms with E-state index in [9.17, 15) is 4.39 Å². The molecule has 86 valence electrons. The molecule has 2 rings (SSSR count). The Labute approximate surface area is 98.1 Å². The van der Waals surface area contributed by atoms with Gasteiger partial charge in [-0.05, 0) is 24.6 Å². The van der Waals surface area contributed by atoms with Crippen LogP contribution >= 0.6 is 0 Å². The van der Waals surface area contributed by atoms with Crippen LogP contribution in [0.2, 0.25) is 0 Å². The van der Waals surface area contributed by atoms with Crippen LogP contribution in [0.3, 0.4) is 0 Å². The number of aromatic nitrogens is 2. The predicted molar refractivity (Wildman–Crippen MR) is 62.0 cm³/mol. The van der Waals surface area contributed by atoms with E-state index in [0.717, 1.165) is 0 Å². The lowest BCUT2D eigenvalue weighted by atomic mass is 10.2. The van der Waals surface area contributed by atoms with E-state index in [-0.39, 0.29) is 11.6 Å². The molecule has 0 aliphatic rings. The van der Waals surface area contributed by atoms with Gasteiger partial charge in [-0.25, -0.2) is 9.07 Å². The van der Waals surface area contributed by atoms with Gasteiger partial charge in [-0.3, -0.25) is 0 Å². The number of hydrogen-bond donors (Lipinski definition) is 1. The van der Waals surface area contributed by atoms with Gasteiger partial charge in [0.1, 0.15) is 23.3 Å². The molecule has 1 aromatic carbocycles. The average Bonchev–Trinajstić information content (AvgIpc) is 2.65. The normalized spacial score (nSPS) is 10.2. The molecule has 0 unspecified atom stereocenters. The summed E-state index contributed by atoms with van der Waals surface area (Å²) in [7, 11) is 0. The standard InChI is InChI=1S/C12H11FN4/c1-2-11-10(7-14)12(15)17(16-11)9-5-3-4-8(13)6-9/h3-6H,2,15H2,1H3. The first-order valence-electron chi connectivity index (χ1n) is 5.20. The maximum absolute atomic E-state index is 13.1. The number of benzene rings is 1. The monoisotopic (exact) mass is 230 g/mol. The Morgan fingerprint density at radius 3 is 2.82 bits per heavy atom. The first kappa shape index (κ1) is 11.1. The Morgan fingerprint density at radius 2 is 2.29 bits per heavy atom. The molecular weight excluding hydrogens is 219 g/mol. The number of hydrogen-bond acceptors (Lipinski definition) is 3. The van der Waals surface area contributed by atoms with E-state index in [1.54, 1.807) is 12.1 Å². The van der Waals surface area contributed by atoms with Gasteiger partial charge in [0.15, 0.2) is 0 Å². The van der Waals surface area contributed by atoms with Crippen molar-refractivity contribution in [1.29, 1.82) is 5.26 Å². The van der Waals surface area contributed by atoms with Crippen LogP contribution in [0.5, 0.6) is 0 Å². The summed E-state index contributed by atoms with van der Waals surface area (Å²) in [5.74, 6) is -0.121. The smallest absolute Gasteiger partial charge is 0.145 e. The Bertz CT molecular complexity index is 595. The summed E-state index contributed by atoms with van der Waals surface area (Å²) in [4.78, 5) is 0. The summed E-state index contributed by atoms with van der Waals surface area (Å²) in [6, 6.07) is 7.94. The molecule has 0 bridgehead atoms. The van der Waals surface area contributed by atoms with Gasteiger partial charge in [0, 0.05) is 0 Å². The molecule has 0 spiro atoms. The molecule has 0 amide bonds. The van der Waals surface area contributed by atoms with Gasteiger partial charge in [-0.15, -0.1) is 0 Å². The van der Waals surface area contributed by atoms with E-state index in [1.807, 2.05) is 13.0 Å². The number of nitrogens with two attached hydrogens (primary N) is 1. The summed E-state index contributed by atoms with van der Waals surface area (Å²) >= 11 is 0. The zero-order valence-corrected chi connectivity index (χ0v) is 9.31. The lowest BCUT2D eigenvalue weighted by Gasteiger charge is -2.03. The fourth-order valence-corrected chi connectivity index (χ4v) is 1.65. The molecule has 5 heteroatoms. The molecule has 0 aliphatic carbocycles. The van der Waals surface area contributed by atoms with Crippen molar-refractivity contribution in [3.8, 4) is 11.8 Å². The summed E-state index contributed by atoms with van der Waals surface area (Å²) in [6.45, 7) is 1.89. The van der Waals surface area contributed by atoms with Crippen molar-refractivity contribution >= 4 is 5.82 Å². The maximum Gasteiger partial charge on any atom is 0.145 e. The average molecular weight is 230 g/mol. The first-order valence-corrected chi connectivity index (χ1v) is 5.20. The molecule has 0 aliphatic heterocycles. The topological polar surface area (TPSA) is 67.6 Å². The van der Waals surface area contributed by atoms with Crippen LogP contribution in [-0.2, 0) is 6.42 Å². The molecular formula is C12H11FN4. The fourth-order valence-electron chi connectivity index (χ4n) is 1.65. The van der Waals surface area contributed by atoms with Crippen LogP contribution in [0.1, 0.15) is 18.2 Å². The Balaban J connectivity index is 2.61.